The molecule has 1 rings (SSSR count). The number of para-hydroxylation sites is 1. The van der Waals surface area contributed by atoms with Crippen LogP contribution in [-0.2, 0) is 9.53 Å². The normalized spacial score (nSPS) is 11.1. The third kappa shape index (κ3) is 4.83. The van der Waals surface area contributed by atoms with Crippen molar-refractivity contribution in [2.45, 2.75) is 26.8 Å². The first-order valence-corrected chi connectivity index (χ1v) is 6.83. The van der Waals surface area contributed by atoms with E-state index in [1.54, 1.807) is 13.2 Å². The van der Waals surface area contributed by atoms with E-state index in [4.69, 9.17) is 10.5 Å². The van der Waals surface area contributed by atoms with Gasteiger partial charge in [-0.05, 0) is 32.4 Å². The number of ether oxygens (including phenoxy) is 1. The highest BCUT2D eigenvalue weighted by Crippen LogP contribution is 2.22. The van der Waals surface area contributed by atoms with Gasteiger partial charge in [0.25, 0.3) is 0 Å². The number of hydrogen-bond donors (Lipinski definition) is 2. The molecule has 1 amide bonds. The maximum atomic E-state index is 12.1. The maximum absolute atomic E-state index is 12.1. The average Bonchev–Trinajstić information content (AvgIpc) is 2.38. The number of nitrogens with one attached hydrogen (secondary N) is 1. The Morgan fingerprint density at radius 3 is 2.70 bits per heavy atom. The van der Waals surface area contributed by atoms with Crippen LogP contribution in [0.25, 0.3) is 0 Å². The highest BCUT2D eigenvalue weighted by atomic mass is 16.5. The van der Waals surface area contributed by atoms with Gasteiger partial charge in [0.1, 0.15) is 0 Å². The van der Waals surface area contributed by atoms with E-state index in [-0.39, 0.29) is 11.9 Å². The summed E-state index contributed by atoms with van der Waals surface area (Å²) < 4.78 is 5.07. The molecule has 0 bridgehead atoms. The maximum Gasteiger partial charge on any atom is 0.238 e. The van der Waals surface area contributed by atoms with Crippen LogP contribution in [0.3, 0.4) is 0 Å². The van der Waals surface area contributed by atoms with Crippen molar-refractivity contribution in [1.29, 1.82) is 0 Å². The average molecular weight is 279 g/mol. The zero-order valence-electron chi connectivity index (χ0n) is 12.8. The topological polar surface area (TPSA) is 67.6 Å². The summed E-state index contributed by atoms with van der Waals surface area (Å²) >= 11 is 0. The quantitative estimate of drug-likeness (QED) is 0.748. The van der Waals surface area contributed by atoms with Crippen molar-refractivity contribution in [1.82, 2.24) is 4.90 Å². The van der Waals surface area contributed by atoms with Gasteiger partial charge in [-0.25, -0.2) is 0 Å². The molecule has 5 nitrogen and oxygen atoms in total. The number of nitrogens with two attached hydrogens (primary N) is 1. The fraction of sp³-hybridized carbons (Fsp3) is 0.533. The van der Waals surface area contributed by atoms with Gasteiger partial charge in [0, 0.05) is 19.7 Å². The monoisotopic (exact) mass is 279 g/mol. The van der Waals surface area contributed by atoms with E-state index in [0.717, 1.165) is 12.1 Å². The van der Waals surface area contributed by atoms with Crippen LogP contribution >= 0.6 is 0 Å². The molecule has 20 heavy (non-hydrogen) atoms. The Bertz CT molecular complexity index is 426. The molecule has 1 aromatic rings. The lowest BCUT2D eigenvalue weighted by molar-refractivity contribution is -0.117. The van der Waals surface area contributed by atoms with Crippen molar-refractivity contribution < 1.29 is 9.53 Å². The van der Waals surface area contributed by atoms with Crippen LogP contribution in [0, 0.1) is 6.92 Å². The van der Waals surface area contributed by atoms with Gasteiger partial charge in [-0.1, -0.05) is 12.1 Å². The molecule has 0 saturated carbocycles. The van der Waals surface area contributed by atoms with Crippen LogP contribution in [-0.4, -0.2) is 43.7 Å². The number of nitrogen functional groups attached to an aromatic ring is 1. The van der Waals surface area contributed by atoms with E-state index in [2.05, 4.69) is 24.1 Å². The first kappa shape index (κ1) is 16.5. The number of benzene rings is 1. The predicted molar refractivity (Wildman–Crippen MR) is 82.8 cm³/mol. The molecule has 0 aromatic heterocycles. The summed E-state index contributed by atoms with van der Waals surface area (Å²) in [6, 6.07) is 5.87. The Morgan fingerprint density at radius 2 is 2.15 bits per heavy atom. The van der Waals surface area contributed by atoms with E-state index in [1.165, 1.54) is 0 Å². The molecule has 0 radical (unpaired) electrons. The third-order valence-corrected chi connectivity index (χ3v) is 3.23. The lowest BCUT2D eigenvalue weighted by Gasteiger charge is -2.25. The fourth-order valence-electron chi connectivity index (χ4n) is 1.95. The van der Waals surface area contributed by atoms with E-state index in [0.29, 0.717) is 24.5 Å². The van der Waals surface area contributed by atoms with E-state index < -0.39 is 0 Å². The van der Waals surface area contributed by atoms with Crippen LogP contribution < -0.4 is 11.1 Å². The van der Waals surface area contributed by atoms with Crippen LogP contribution in [0.5, 0.6) is 0 Å². The number of hydrogen-bond acceptors (Lipinski definition) is 4. The largest absolute Gasteiger partial charge is 0.397 e. The molecule has 0 aliphatic heterocycles. The molecule has 1 aromatic carbocycles. The van der Waals surface area contributed by atoms with Crippen molar-refractivity contribution in [2.75, 3.05) is 37.9 Å². The number of rotatable bonds is 7. The van der Waals surface area contributed by atoms with Crippen molar-refractivity contribution in [3.8, 4) is 0 Å². The summed E-state index contributed by atoms with van der Waals surface area (Å²) in [5, 5.41) is 2.89. The van der Waals surface area contributed by atoms with E-state index in [1.807, 2.05) is 19.1 Å². The van der Waals surface area contributed by atoms with Crippen LogP contribution in [0.1, 0.15) is 19.4 Å². The number of aryl methyl sites for hydroxylation is 1. The lowest BCUT2D eigenvalue weighted by Crippen LogP contribution is -2.40. The number of carbonyl (C=O) groups is 1. The Kier molecular flexibility index (Phi) is 6.48. The first-order chi connectivity index (χ1) is 9.45. The zero-order valence-corrected chi connectivity index (χ0v) is 12.8. The van der Waals surface area contributed by atoms with Crippen molar-refractivity contribution in [3.63, 3.8) is 0 Å². The zero-order chi connectivity index (χ0) is 15.1. The highest BCUT2D eigenvalue weighted by molar-refractivity contribution is 5.96. The standard InChI is InChI=1S/C15H25N3O2/c1-11(2)18(8-9-20-4)10-14(19)17-15-12(3)6-5-7-13(15)16/h5-7,11H,8-10,16H2,1-4H3,(H,17,19). The number of anilines is 2. The molecule has 0 aliphatic rings. The van der Waals surface area contributed by atoms with Crippen molar-refractivity contribution in [3.05, 3.63) is 23.8 Å². The minimum atomic E-state index is -0.0594. The fourth-order valence-corrected chi connectivity index (χ4v) is 1.95. The molecule has 0 unspecified atom stereocenters. The molecule has 0 saturated heterocycles. The third-order valence-electron chi connectivity index (χ3n) is 3.23. The molecule has 0 heterocycles. The second-order valence-corrected chi connectivity index (χ2v) is 5.14. The minimum Gasteiger partial charge on any atom is -0.397 e. The molecular weight excluding hydrogens is 254 g/mol. The van der Waals surface area contributed by atoms with Crippen LogP contribution in [0.4, 0.5) is 11.4 Å². The summed E-state index contributed by atoms with van der Waals surface area (Å²) in [6.45, 7) is 7.71. The Hall–Kier alpha value is -1.59. The summed E-state index contributed by atoms with van der Waals surface area (Å²) in [6.07, 6.45) is 0. The molecule has 0 fully saturated rings. The molecular formula is C15H25N3O2. The van der Waals surface area contributed by atoms with Gasteiger partial charge in [0.05, 0.1) is 24.5 Å². The van der Waals surface area contributed by atoms with Crippen LogP contribution in [0.2, 0.25) is 0 Å². The van der Waals surface area contributed by atoms with Gasteiger partial charge in [0.2, 0.25) is 5.91 Å². The summed E-state index contributed by atoms with van der Waals surface area (Å²) in [5.41, 5.74) is 8.15. The number of carbonyl (C=O) groups excluding carboxylic acids is 1. The Balaban J connectivity index is 2.66. The minimum absolute atomic E-state index is 0.0594. The highest BCUT2D eigenvalue weighted by Gasteiger charge is 2.15. The van der Waals surface area contributed by atoms with Gasteiger partial charge in [-0.3, -0.25) is 9.69 Å². The van der Waals surface area contributed by atoms with Crippen molar-refractivity contribution >= 4 is 17.3 Å². The van der Waals surface area contributed by atoms with Gasteiger partial charge in [-0.15, -0.1) is 0 Å². The SMILES string of the molecule is COCCN(CC(=O)Nc1c(C)cccc1N)C(C)C. The smallest absolute Gasteiger partial charge is 0.238 e. The van der Waals surface area contributed by atoms with Gasteiger partial charge < -0.3 is 15.8 Å². The Morgan fingerprint density at radius 1 is 1.45 bits per heavy atom. The van der Waals surface area contributed by atoms with Gasteiger partial charge in [-0.2, -0.15) is 0 Å². The molecule has 3 N–H and O–H groups in total. The Labute approximate surface area is 121 Å². The van der Waals surface area contributed by atoms with Crippen LogP contribution in [0.15, 0.2) is 18.2 Å². The molecule has 112 valence electrons. The molecule has 0 atom stereocenters. The van der Waals surface area contributed by atoms with E-state index in [9.17, 15) is 4.79 Å². The summed E-state index contributed by atoms with van der Waals surface area (Å²) in [4.78, 5) is 14.2. The van der Waals surface area contributed by atoms with Gasteiger partial charge >= 0.3 is 0 Å². The molecule has 0 aliphatic carbocycles. The number of methoxy groups -OCH3 is 1. The number of amides is 1. The van der Waals surface area contributed by atoms with E-state index >= 15 is 0 Å². The summed E-state index contributed by atoms with van der Waals surface area (Å²) in [7, 11) is 1.66. The summed E-state index contributed by atoms with van der Waals surface area (Å²) in [5.74, 6) is -0.0594. The van der Waals surface area contributed by atoms with Crippen molar-refractivity contribution in [2.24, 2.45) is 0 Å². The first-order valence-electron chi connectivity index (χ1n) is 6.83. The molecule has 0 spiro atoms. The predicted octanol–water partition coefficient (Wildman–Crippen LogP) is 1.87. The van der Waals surface area contributed by atoms with Gasteiger partial charge in [0.15, 0.2) is 0 Å². The lowest BCUT2D eigenvalue weighted by atomic mass is 10.1. The molecule has 5 heteroatoms. The number of nitrogens with zero attached hydrogens (tertiary/aromatic N) is 1. The second kappa shape index (κ2) is 7.87. The second-order valence-electron chi connectivity index (χ2n) is 5.14.